The second-order valence-electron chi connectivity index (χ2n) is 5.76. The molecule has 2 heterocycles. The smallest absolute Gasteiger partial charge is 0.245 e. The predicted octanol–water partition coefficient (Wildman–Crippen LogP) is 2.68. The van der Waals surface area contributed by atoms with Crippen LogP contribution in [0.2, 0.25) is 5.15 Å². The van der Waals surface area contributed by atoms with Crippen LogP contribution in [-0.4, -0.2) is 36.3 Å². The van der Waals surface area contributed by atoms with Crippen molar-refractivity contribution >= 4 is 32.5 Å². The highest BCUT2D eigenvalue weighted by Gasteiger charge is 2.24. The standard InChI is InChI=1S/C17H19ClN4O3S/c1-12-16(17(18)22(2)21-12)26(23,24)20-10-5-11-25-14-8-3-6-13-7-4-9-19-15(13)14/h3-4,6-9,20H,5,10-11H2,1-2H3. The zero-order valence-electron chi connectivity index (χ0n) is 14.4. The number of nitrogens with zero attached hydrogens (tertiary/aromatic N) is 3. The van der Waals surface area contributed by atoms with Crippen molar-refractivity contribution < 1.29 is 13.2 Å². The number of pyridine rings is 1. The van der Waals surface area contributed by atoms with Crippen LogP contribution in [0, 0.1) is 6.92 Å². The lowest BCUT2D eigenvalue weighted by molar-refractivity contribution is 0.314. The Morgan fingerprint density at radius 2 is 2.04 bits per heavy atom. The first-order chi connectivity index (χ1) is 12.4. The number of nitrogens with one attached hydrogen (secondary N) is 1. The van der Waals surface area contributed by atoms with Gasteiger partial charge in [0.05, 0.1) is 12.3 Å². The van der Waals surface area contributed by atoms with E-state index in [1.54, 1.807) is 20.2 Å². The Hall–Kier alpha value is -2.16. The van der Waals surface area contributed by atoms with Crippen LogP contribution in [0.1, 0.15) is 12.1 Å². The van der Waals surface area contributed by atoms with Crippen molar-refractivity contribution in [3.8, 4) is 5.75 Å². The van der Waals surface area contributed by atoms with Gasteiger partial charge in [-0.15, -0.1) is 0 Å². The van der Waals surface area contributed by atoms with E-state index in [4.69, 9.17) is 16.3 Å². The van der Waals surface area contributed by atoms with Gasteiger partial charge in [0.25, 0.3) is 0 Å². The van der Waals surface area contributed by atoms with E-state index in [0.29, 0.717) is 24.5 Å². The van der Waals surface area contributed by atoms with Crippen molar-refractivity contribution in [1.82, 2.24) is 19.5 Å². The van der Waals surface area contributed by atoms with E-state index in [1.807, 2.05) is 30.3 Å². The summed E-state index contributed by atoms with van der Waals surface area (Å²) in [4.78, 5) is 4.33. The summed E-state index contributed by atoms with van der Waals surface area (Å²) in [6, 6.07) is 9.53. The number of sulfonamides is 1. The first kappa shape index (κ1) is 18.6. The molecule has 0 saturated carbocycles. The minimum Gasteiger partial charge on any atom is -0.491 e. The molecule has 3 aromatic rings. The van der Waals surface area contributed by atoms with E-state index in [0.717, 1.165) is 10.9 Å². The highest BCUT2D eigenvalue weighted by atomic mass is 35.5. The minimum atomic E-state index is -3.71. The van der Waals surface area contributed by atoms with Crippen LogP contribution >= 0.6 is 11.6 Å². The van der Waals surface area contributed by atoms with Gasteiger partial charge in [-0.3, -0.25) is 9.67 Å². The van der Waals surface area contributed by atoms with Gasteiger partial charge in [-0.25, -0.2) is 13.1 Å². The number of aromatic nitrogens is 3. The Labute approximate surface area is 157 Å². The number of rotatable bonds is 7. The van der Waals surface area contributed by atoms with Gasteiger partial charge in [-0.2, -0.15) is 5.10 Å². The first-order valence-electron chi connectivity index (χ1n) is 8.05. The molecule has 1 aromatic carbocycles. The number of ether oxygens (including phenoxy) is 1. The molecule has 0 aliphatic carbocycles. The van der Waals surface area contributed by atoms with Crippen LogP contribution in [0.4, 0.5) is 0 Å². The molecule has 0 fully saturated rings. The molecule has 2 aromatic heterocycles. The number of hydrogen-bond donors (Lipinski definition) is 1. The van der Waals surface area contributed by atoms with Crippen LogP contribution in [0.5, 0.6) is 5.75 Å². The maximum absolute atomic E-state index is 12.4. The second kappa shape index (κ2) is 7.61. The van der Waals surface area contributed by atoms with E-state index in [-0.39, 0.29) is 16.6 Å². The van der Waals surface area contributed by atoms with Crippen LogP contribution in [0.15, 0.2) is 41.4 Å². The third-order valence-corrected chi connectivity index (χ3v) is 5.99. The highest BCUT2D eigenvalue weighted by Crippen LogP contribution is 2.24. The molecule has 9 heteroatoms. The fourth-order valence-electron chi connectivity index (χ4n) is 2.64. The Morgan fingerprint density at radius 3 is 2.77 bits per heavy atom. The molecule has 0 bridgehead atoms. The number of hydrogen-bond acceptors (Lipinski definition) is 5. The Balaban J connectivity index is 1.57. The molecule has 26 heavy (non-hydrogen) atoms. The zero-order valence-corrected chi connectivity index (χ0v) is 16.0. The molecular formula is C17H19ClN4O3S. The molecule has 0 aliphatic rings. The van der Waals surface area contributed by atoms with Crippen LogP contribution < -0.4 is 9.46 Å². The van der Waals surface area contributed by atoms with Crippen molar-refractivity contribution in [3.05, 3.63) is 47.4 Å². The molecule has 0 unspecified atom stereocenters. The summed E-state index contributed by atoms with van der Waals surface area (Å²) in [5.41, 5.74) is 1.15. The third kappa shape index (κ3) is 3.82. The summed E-state index contributed by atoms with van der Waals surface area (Å²) in [7, 11) is -2.12. The van der Waals surface area contributed by atoms with Crippen molar-refractivity contribution in [2.24, 2.45) is 7.05 Å². The lowest BCUT2D eigenvalue weighted by Gasteiger charge is -2.09. The van der Waals surface area contributed by atoms with Crippen molar-refractivity contribution in [2.75, 3.05) is 13.2 Å². The van der Waals surface area contributed by atoms with Gasteiger partial charge < -0.3 is 4.74 Å². The number of para-hydroxylation sites is 1. The Bertz CT molecular complexity index is 1030. The molecule has 0 atom stereocenters. The summed E-state index contributed by atoms with van der Waals surface area (Å²) in [6.45, 7) is 2.19. The number of fused-ring (bicyclic) bond motifs is 1. The fourth-order valence-corrected chi connectivity index (χ4v) is 4.46. The maximum Gasteiger partial charge on any atom is 0.245 e. The van der Waals surface area contributed by atoms with Crippen LogP contribution in [-0.2, 0) is 17.1 Å². The van der Waals surface area contributed by atoms with E-state index >= 15 is 0 Å². The fraction of sp³-hybridized carbons (Fsp3) is 0.294. The molecule has 0 radical (unpaired) electrons. The zero-order chi connectivity index (χ0) is 18.7. The van der Waals surface area contributed by atoms with Gasteiger partial charge in [-0.05, 0) is 25.5 Å². The lowest BCUT2D eigenvalue weighted by Crippen LogP contribution is -2.26. The molecule has 0 amide bonds. The van der Waals surface area contributed by atoms with Crippen molar-refractivity contribution in [1.29, 1.82) is 0 Å². The maximum atomic E-state index is 12.4. The molecule has 3 rings (SSSR count). The molecule has 1 N–H and O–H groups in total. The van der Waals surface area contributed by atoms with Gasteiger partial charge in [0.1, 0.15) is 21.3 Å². The van der Waals surface area contributed by atoms with Gasteiger partial charge in [0, 0.05) is 25.2 Å². The van der Waals surface area contributed by atoms with Crippen LogP contribution in [0.25, 0.3) is 10.9 Å². The second-order valence-corrected chi connectivity index (χ2v) is 7.82. The normalized spacial score (nSPS) is 11.8. The topological polar surface area (TPSA) is 86.1 Å². The average molecular weight is 395 g/mol. The molecule has 0 aliphatic heterocycles. The van der Waals surface area contributed by atoms with E-state index in [9.17, 15) is 8.42 Å². The van der Waals surface area contributed by atoms with E-state index < -0.39 is 10.0 Å². The molecule has 7 nitrogen and oxygen atoms in total. The predicted molar refractivity (Wildman–Crippen MR) is 100.0 cm³/mol. The highest BCUT2D eigenvalue weighted by molar-refractivity contribution is 7.89. The Morgan fingerprint density at radius 1 is 1.27 bits per heavy atom. The van der Waals surface area contributed by atoms with Gasteiger partial charge in [0.2, 0.25) is 10.0 Å². The average Bonchev–Trinajstić information content (AvgIpc) is 2.87. The molecule has 138 valence electrons. The van der Waals surface area contributed by atoms with E-state index in [1.165, 1.54) is 4.68 Å². The van der Waals surface area contributed by atoms with E-state index in [2.05, 4.69) is 14.8 Å². The number of aryl methyl sites for hydroxylation is 2. The summed E-state index contributed by atoms with van der Waals surface area (Å²) in [5.74, 6) is 0.678. The van der Waals surface area contributed by atoms with Crippen molar-refractivity contribution in [3.63, 3.8) is 0 Å². The number of benzene rings is 1. The monoisotopic (exact) mass is 394 g/mol. The Kier molecular flexibility index (Phi) is 5.45. The van der Waals surface area contributed by atoms with Crippen molar-refractivity contribution in [2.45, 2.75) is 18.2 Å². The largest absolute Gasteiger partial charge is 0.491 e. The van der Waals surface area contributed by atoms with Gasteiger partial charge in [-0.1, -0.05) is 29.8 Å². The minimum absolute atomic E-state index is 0.0147. The summed E-state index contributed by atoms with van der Waals surface area (Å²) in [5, 5.41) is 5.11. The summed E-state index contributed by atoms with van der Waals surface area (Å²) in [6.07, 6.45) is 2.21. The van der Waals surface area contributed by atoms with Crippen LogP contribution in [0.3, 0.4) is 0 Å². The number of halogens is 1. The molecule has 0 spiro atoms. The van der Waals surface area contributed by atoms with Gasteiger partial charge >= 0.3 is 0 Å². The third-order valence-electron chi connectivity index (χ3n) is 3.84. The van der Waals surface area contributed by atoms with Gasteiger partial charge in [0.15, 0.2) is 0 Å². The molecule has 0 saturated heterocycles. The molecular weight excluding hydrogens is 376 g/mol. The summed E-state index contributed by atoms with van der Waals surface area (Å²) < 4.78 is 34.4. The quantitative estimate of drug-likeness (QED) is 0.622. The first-order valence-corrected chi connectivity index (χ1v) is 9.91. The SMILES string of the molecule is Cc1nn(C)c(Cl)c1S(=O)(=O)NCCCOc1cccc2cccnc12. The lowest BCUT2D eigenvalue weighted by atomic mass is 10.2. The summed E-state index contributed by atoms with van der Waals surface area (Å²) >= 11 is 6.02.